The van der Waals surface area contributed by atoms with Crippen LogP contribution in [0.3, 0.4) is 0 Å². The number of aliphatic hydroxyl groups excluding tert-OH is 1. The Morgan fingerprint density at radius 2 is 2.19 bits per heavy atom. The Balaban J connectivity index is 1.91. The molecule has 0 saturated carbocycles. The lowest BCUT2D eigenvalue weighted by atomic mass is 10.0. The van der Waals surface area contributed by atoms with E-state index in [4.69, 9.17) is 9.47 Å². The zero-order valence-electron chi connectivity index (χ0n) is 13.1. The number of hydrogen-bond donors (Lipinski definition) is 1. The highest BCUT2D eigenvalue weighted by Crippen LogP contribution is 2.26. The number of benzene rings is 1. The molecule has 1 heterocycles. The predicted molar refractivity (Wildman–Crippen MR) is 83.7 cm³/mol. The van der Waals surface area contributed by atoms with Gasteiger partial charge in [0.2, 0.25) is 0 Å². The molecular formula is C17H27NO3. The molecule has 1 fully saturated rings. The van der Waals surface area contributed by atoms with Crippen LogP contribution in [0, 0.1) is 0 Å². The summed E-state index contributed by atoms with van der Waals surface area (Å²) in [6.45, 7) is 5.52. The fourth-order valence-corrected chi connectivity index (χ4v) is 2.88. The van der Waals surface area contributed by atoms with E-state index < -0.39 is 6.10 Å². The number of para-hydroxylation sites is 1. The first kappa shape index (κ1) is 16.3. The van der Waals surface area contributed by atoms with E-state index in [1.54, 1.807) is 7.11 Å². The molecule has 0 amide bonds. The molecule has 0 spiro atoms. The zero-order chi connectivity index (χ0) is 15.1. The van der Waals surface area contributed by atoms with Crippen LogP contribution in [0.15, 0.2) is 24.3 Å². The Morgan fingerprint density at radius 1 is 1.38 bits per heavy atom. The highest BCUT2D eigenvalue weighted by atomic mass is 16.5. The van der Waals surface area contributed by atoms with Crippen LogP contribution in [0.2, 0.25) is 0 Å². The molecule has 1 saturated heterocycles. The molecule has 118 valence electrons. The first-order chi connectivity index (χ1) is 10.2. The van der Waals surface area contributed by atoms with Gasteiger partial charge in [0.15, 0.2) is 0 Å². The topological polar surface area (TPSA) is 41.9 Å². The van der Waals surface area contributed by atoms with Gasteiger partial charge in [-0.05, 0) is 31.9 Å². The summed E-state index contributed by atoms with van der Waals surface area (Å²) in [7, 11) is 1.64. The number of hydrogen-bond acceptors (Lipinski definition) is 4. The third kappa shape index (κ3) is 4.70. The first-order valence-corrected chi connectivity index (χ1v) is 7.89. The molecule has 0 aliphatic carbocycles. The van der Waals surface area contributed by atoms with Crippen molar-refractivity contribution in [2.24, 2.45) is 0 Å². The van der Waals surface area contributed by atoms with Crippen molar-refractivity contribution in [2.45, 2.75) is 38.4 Å². The SMILES string of the molecule is CCCOC1CCCN(CC(O)c2ccccc2OC)C1. The van der Waals surface area contributed by atoms with Crippen molar-refractivity contribution in [3.05, 3.63) is 29.8 Å². The smallest absolute Gasteiger partial charge is 0.124 e. The van der Waals surface area contributed by atoms with E-state index in [9.17, 15) is 5.11 Å². The molecule has 4 nitrogen and oxygen atoms in total. The average Bonchev–Trinajstić information content (AvgIpc) is 2.53. The highest BCUT2D eigenvalue weighted by molar-refractivity contribution is 5.35. The quantitative estimate of drug-likeness (QED) is 0.839. The summed E-state index contributed by atoms with van der Waals surface area (Å²) in [5, 5.41) is 10.5. The summed E-state index contributed by atoms with van der Waals surface area (Å²) >= 11 is 0. The lowest BCUT2D eigenvalue weighted by Crippen LogP contribution is -2.41. The minimum Gasteiger partial charge on any atom is -0.496 e. The fourth-order valence-electron chi connectivity index (χ4n) is 2.88. The van der Waals surface area contributed by atoms with Gasteiger partial charge in [0.1, 0.15) is 5.75 Å². The summed E-state index contributed by atoms with van der Waals surface area (Å²) in [4.78, 5) is 2.29. The van der Waals surface area contributed by atoms with Crippen LogP contribution in [0.5, 0.6) is 5.75 Å². The van der Waals surface area contributed by atoms with Crippen LogP contribution in [0.4, 0.5) is 0 Å². The van der Waals surface area contributed by atoms with Gasteiger partial charge in [0.25, 0.3) is 0 Å². The van der Waals surface area contributed by atoms with Gasteiger partial charge in [-0.1, -0.05) is 25.1 Å². The van der Waals surface area contributed by atoms with E-state index in [0.717, 1.165) is 50.3 Å². The van der Waals surface area contributed by atoms with Crippen LogP contribution in [0.1, 0.15) is 37.9 Å². The molecule has 0 radical (unpaired) electrons. The number of β-amino-alcohol motifs (C(OH)–C–C–N with tert-alkyl or cyclic N) is 1. The van der Waals surface area contributed by atoms with Gasteiger partial charge in [-0.15, -0.1) is 0 Å². The Bertz CT molecular complexity index is 424. The number of piperidine rings is 1. The number of rotatable bonds is 7. The summed E-state index contributed by atoms with van der Waals surface area (Å²) < 4.78 is 11.2. The minimum atomic E-state index is -0.522. The number of aliphatic hydroxyl groups is 1. The summed E-state index contributed by atoms with van der Waals surface area (Å²) in [6, 6.07) is 7.68. The zero-order valence-corrected chi connectivity index (χ0v) is 13.1. The van der Waals surface area contributed by atoms with Crippen LogP contribution in [0.25, 0.3) is 0 Å². The third-order valence-corrected chi connectivity index (χ3v) is 3.95. The van der Waals surface area contributed by atoms with Crippen LogP contribution >= 0.6 is 0 Å². The van der Waals surface area contributed by atoms with Gasteiger partial charge >= 0.3 is 0 Å². The minimum absolute atomic E-state index is 0.309. The Morgan fingerprint density at radius 3 is 2.95 bits per heavy atom. The lowest BCUT2D eigenvalue weighted by molar-refractivity contribution is -0.0121. The number of nitrogens with zero attached hydrogens (tertiary/aromatic N) is 1. The molecule has 2 atom stereocenters. The van der Waals surface area contributed by atoms with Crippen LogP contribution < -0.4 is 4.74 Å². The molecule has 0 bridgehead atoms. The van der Waals surface area contributed by atoms with Crippen molar-refractivity contribution in [1.82, 2.24) is 4.90 Å². The lowest BCUT2D eigenvalue weighted by Gasteiger charge is -2.34. The van der Waals surface area contributed by atoms with Gasteiger partial charge in [-0.25, -0.2) is 0 Å². The average molecular weight is 293 g/mol. The second-order valence-electron chi connectivity index (χ2n) is 5.65. The molecule has 2 unspecified atom stereocenters. The predicted octanol–water partition coefficient (Wildman–Crippen LogP) is 2.62. The molecule has 2 rings (SSSR count). The molecule has 1 aromatic carbocycles. The maximum absolute atomic E-state index is 10.5. The molecule has 1 N–H and O–H groups in total. The number of methoxy groups -OCH3 is 1. The standard InChI is InChI=1S/C17H27NO3/c1-3-11-21-14-7-6-10-18(12-14)13-16(19)15-8-4-5-9-17(15)20-2/h4-5,8-9,14,16,19H,3,6-7,10-13H2,1-2H3. The second kappa shape index (κ2) is 8.37. The molecular weight excluding hydrogens is 266 g/mol. The maximum Gasteiger partial charge on any atom is 0.124 e. The van der Waals surface area contributed by atoms with E-state index in [1.807, 2.05) is 24.3 Å². The molecule has 1 aliphatic heterocycles. The van der Waals surface area contributed by atoms with Gasteiger partial charge in [0.05, 0.1) is 19.3 Å². The van der Waals surface area contributed by atoms with Crippen molar-refractivity contribution >= 4 is 0 Å². The van der Waals surface area contributed by atoms with E-state index >= 15 is 0 Å². The molecule has 21 heavy (non-hydrogen) atoms. The van der Waals surface area contributed by atoms with Crippen molar-refractivity contribution in [1.29, 1.82) is 0 Å². The Hall–Kier alpha value is -1.10. The maximum atomic E-state index is 10.5. The largest absolute Gasteiger partial charge is 0.496 e. The van der Waals surface area contributed by atoms with Gasteiger partial charge < -0.3 is 14.6 Å². The number of likely N-dealkylation sites (tertiary alicyclic amines) is 1. The van der Waals surface area contributed by atoms with Gasteiger partial charge in [-0.3, -0.25) is 4.90 Å². The summed E-state index contributed by atoms with van der Waals surface area (Å²) in [5.74, 6) is 0.751. The molecule has 1 aliphatic rings. The van der Waals surface area contributed by atoms with Gasteiger partial charge in [0, 0.05) is 25.3 Å². The van der Waals surface area contributed by atoms with Crippen LogP contribution in [-0.4, -0.2) is 49.5 Å². The van der Waals surface area contributed by atoms with Crippen molar-refractivity contribution in [2.75, 3.05) is 33.4 Å². The van der Waals surface area contributed by atoms with Gasteiger partial charge in [-0.2, -0.15) is 0 Å². The summed E-state index contributed by atoms with van der Waals surface area (Å²) in [5.41, 5.74) is 0.858. The monoisotopic (exact) mass is 293 g/mol. The van der Waals surface area contributed by atoms with Crippen molar-refractivity contribution in [3.8, 4) is 5.75 Å². The van der Waals surface area contributed by atoms with E-state index in [1.165, 1.54) is 0 Å². The normalized spacial score (nSPS) is 21.2. The highest BCUT2D eigenvalue weighted by Gasteiger charge is 2.23. The van der Waals surface area contributed by atoms with E-state index in [-0.39, 0.29) is 0 Å². The van der Waals surface area contributed by atoms with E-state index in [0.29, 0.717) is 12.6 Å². The Kier molecular flexibility index (Phi) is 6.49. The summed E-state index contributed by atoms with van der Waals surface area (Å²) in [6.07, 6.45) is 3.10. The molecule has 0 aromatic heterocycles. The molecule has 1 aromatic rings. The van der Waals surface area contributed by atoms with Crippen LogP contribution in [-0.2, 0) is 4.74 Å². The first-order valence-electron chi connectivity index (χ1n) is 7.89. The third-order valence-electron chi connectivity index (χ3n) is 3.95. The fraction of sp³-hybridized carbons (Fsp3) is 0.647. The van der Waals surface area contributed by atoms with E-state index in [2.05, 4.69) is 11.8 Å². The Labute approximate surface area is 127 Å². The van der Waals surface area contributed by atoms with Crippen molar-refractivity contribution in [3.63, 3.8) is 0 Å². The van der Waals surface area contributed by atoms with Crippen molar-refractivity contribution < 1.29 is 14.6 Å². The molecule has 4 heteroatoms. The number of ether oxygens (including phenoxy) is 2. The second-order valence-corrected chi connectivity index (χ2v) is 5.65.